The number of hydrogen-bond acceptors (Lipinski definition) is 4. The van der Waals surface area contributed by atoms with Gasteiger partial charge in [0, 0.05) is 12.8 Å². The molecule has 5 heteroatoms. The molecule has 4 nitrogen and oxygen atoms in total. The van der Waals surface area contributed by atoms with Crippen LogP contribution in [0.25, 0.3) is 0 Å². The molecule has 102 valence electrons. The normalized spacial score (nSPS) is 11.6. The van der Waals surface area contributed by atoms with E-state index in [2.05, 4.69) is 17.4 Å². The van der Waals surface area contributed by atoms with Gasteiger partial charge >= 0.3 is 0 Å². The molecule has 0 aliphatic heterocycles. The quantitative estimate of drug-likeness (QED) is 0.851. The minimum atomic E-state index is -2.97. The van der Waals surface area contributed by atoms with Crippen molar-refractivity contribution in [3.05, 3.63) is 28.8 Å². The van der Waals surface area contributed by atoms with Gasteiger partial charge in [0.1, 0.15) is 12.4 Å². The minimum absolute atomic E-state index is 0.0458. The van der Waals surface area contributed by atoms with Crippen molar-refractivity contribution in [2.45, 2.75) is 20.4 Å². The number of rotatable bonds is 6. The van der Waals surface area contributed by atoms with E-state index in [9.17, 15) is 8.42 Å². The van der Waals surface area contributed by atoms with Gasteiger partial charge in [0.05, 0.1) is 5.75 Å². The van der Waals surface area contributed by atoms with Crippen molar-refractivity contribution in [1.82, 2.24) is 5.32 Å². The second kappa shape index (κ2) is 6.20. The maximum atomic E-state index is 11.0. The summed E-state index contributed by atoms with van der Waals surface area (Å²) in [4.78, 5) is 0. The van der Waals surface area contributed by atoms with E-state index in [1.807, 2.05) is 20.9 Å². The summed E-state index contributed by atoms with van der Waals surface area (Å²) in [6.07, 6.45) is 1.21. The van der Waals surface area contributed by atoms with Gasteiger partial charge in [-0.15, -0.1) is 0 Å². The van der Waals surface area contributed by atoms with Crippen molar-refractivity contribution in [3.63, 3.8) is 0 Å². The molecule has 0 saturated carbocycles. The third kappa shape index (κ3) is 4.66. The van der Waals surface area contributed by atoms with Crippen LogP contribution in [-0.2, 0) is 16.4 Å². The molecule has 0 heterocycles. The van der Waals surface area contributed by atoms with Crippen LogP contribution < -0.4 is 10.1 Å². The van der Waals surface area contributed by atoms with Crippen LogP contribution in [0.1, 0.15) is 16.7 Å². The van der Waals surface area contributed by atoms with Crippen LogP contribution in [0.15, 0.2) is 12.1 Å². The maximum Gasteiger partial charge on any atom is 0.150 e. The van der Waals surface area contributed by atoms with Gasteiger partial charge in [0.15, 0.2) is 9.84 Å². The zero-order chi connectivity index (χ0) is 13.8. The molecule has 0 aromatic heterocycles. The molecule has 0 amide bonds. The second-order valence-corrected chi connectivity index (χ2v) is 6.83. The summed E-state index contributed by atoms with van der Waals surface area (Å²) < 4.78 is 27.7. The SMILES string of the molecule is CNCc1cc(C)c(OCCS(C)(=O)=O)c(C)c1. The van der Waals surface area contributed by atoms with Gasteiger partial charge in [0.25, 0.3) is 0 Å². The van der Waals surface area contributed by atoms with Crippen molar-refractivity contribution in [3.8, 4) is 5.75 Å². The second-order valence-electron chi connectivity index (χ2n) is 4.57. The lowest BCUT2D eigenvalue weighted by molar-refractivity contribution is 0.336. The molecule has 0 bridgehead atoms. The Morgan fingerprint density at radius 1 is 1.22 bits per heavy atom. The van der Waals surface area contributed by atoms with Gasteiger partial charge in [-0.1, -0.05) is 12.1 Å². The highest BCUT2D eigenvalue weighted by atomic mass is 32.2. The van der Waals surface area contributed by atoms with Crippen LogP contribution in [0.2, 0.25) is 0 Å². The summed E-state index contributed by atoms with van der Waals surface area (Å²) >= 11 is 0. The van der Waals surface area contributed by atoms with Crippen molar-refractivity contribution in [2.75, 3.05) is 25.7 Å². The molecule has 1 aromatic carbocycles. The predicted molar refractivity (Wildman–Crippen MR) is 73.9 cm³/mol. The first-order valence-electron chi connectivity index (χ1n) is 5.88. The highest BCUT2D eigenvalue weighted by molar-refractivity contribution is 7.90. The molecule has 0 fully saturated rings. The van der Waals surface area contributed by atoms with Gasteiger partial charge in [-0.05, 0) is 37.6 Å². The smallest absolute Gasteiger partial charge is 0.150 e. The van der Waals surface area contributed by atoms with E-state index >= 15 is 0 Å². The van der Waals surface area contributed by atoms with Gasteiger partial charge in [0.2, 0.25) is 0 Å². The molecular formula is C13H21NO3S. The van der Waals surface area contributed by atoms with Crippen LogP contribution in [0, 0.1) is 13.8 Å². The number of benzene rings is 1. The van der Waals surface area contributed by atoms with E-state index in [4.69, 9.17) is 4.74 Å². The predicted octanol–water partition coefficient (Wildman–Crippen LogP) is 1.45. The fourth-order valence-electron chi connectivity index (χ4n) is 1.87. The monoisotopic (exact) mass is 271 g/mol. The molecule has 18 heavy (non-hydrogen) atoms. The lowest BCUT2D eigenvalue weighted by Gasteiger charge is -2.13. The molecule has 1 aromatic rings. The fraction of sp³-hybridized carbons (Fsp3) is 0.538. The summed E-state index contributed by atoms with van der Waals surface area (Å²) in [6.45, 7) is 4.96. The van der Waals surface area contributed by atoms with E-state index in [1.165, 1.54) is 11.8 Å². The zero-order valence-corrected chi connectivity index (χ0v) is 12.2. The Hall–Kier alpha value is -1.07. The van der Waals surface area contributed by atoms with Crippen molar-refractivity contribution in [2.24, 2.45) is 0 Å². The van der Waals surface area contributed by atoms with Crippen LogP contribution in [0.3, 0.4) is 0 Å². The Morgan fingerprint density at radius 3 is 2.22 bits per heavy atom. The first kappa shape index (κ1) is 15.0. The van der Waals surface area contributed by atoms with E-state index in [1.54, 1.807) is 0 Å². The van der Waals surface area contributed by atoms with Crippen LogP contribution in [0.5, 0.6) is 5.75 Å². The molecule has 0 unspecified atom stereocenters. The molecule has 0 aliphatic rings. The third-order valence-electron chi connectivity index (χ3n) is 2.60. The summed E-state index contributed by atoms with van der Waals surface area (Å²) in [7, 11) is -1.07. The number of ether oxygens (including phenoxy) is 1. The molecule has 0 saturated heterocycles. The van der Waals surface area contributed by atoms with Crippen LogP contribution >= 0.6 is 0 Å². The summed E-state index contributed by atoms with van der Waals surface area (Å²) in [5.41, 5.74) is 3.27. The van der Waals surface area contributed by atoms with Crippen molar-refractivity contribution < 1.29 is 13.2 Å². The molecule has 1 N–H and O–H groups in total. The molecule has 0 aliphatic carbocycles. The van der Waals surface area contributed by atoms with Crippen molar-refractivity contribution in [1.29, 1.82) is 0 Å². The molecule has 0 spiro atoms. The Morgan fingerprint density at radius 2 is 1.78 bits per heavy atom. The first-order valence-corrected chi connectivity index (χ1v) is 7.95. The summed E-state index contributed by atoms with van der Waals surface area (Å²) in [5, 5.41) is 3.10. The Kier molecular flexibility index (Phi) is 5.16. The van der Waals surface area contributed by atoms with Crippen LogP contribution in [-0.4, -0.2) is 34.1 Å². The van der Waals surface area contributed by atoms with Gasteiger partial charge in [-0.3, -0.25) is 0 Å². The topological polar surface area (TPSA) is 55.4 Å². The van der Waals surface area contributed by atoms with E-state index in [0.29, 0.717) is 0 Å². The number of sulfone groups is 1. The minimum Gasteiger partial charge on any atom is -0.492 e. The average Bonchev–Trinajstić information content (AvgIpc) is 2.21. The number of hydrogen-bond donors (Lipinski definition) is 1. The Labute approximate surface area is 109 Å². The molecule has 0 radical (unpaired) electrons. The molecular weight excluding hydrogens is 250 g/mol. The van der Waals surface area contributed by atoms with E-state index in [-0.39, 0.29) is 12.4 Å². The maximum absolute atomic E-state index is 11.0. The summed E-state index contributed by atoms with van der Waals surface area (Å²) in [5.74, 6) is 0.836. The van der Waals surface area contributed by atoms with E-state index in [0.717, 1.165) is 23.4 Å². The highest BCUT2D eigenvalue weighted by Crippen LogP contribution is 2.24. The number of aryl methyl sites for hydroxylation is 2. The summed E-state index contributed by atoms with van der Waals surface area (Å²) in [6, 6.07) is 4.11. The van der Waals surface area contributed by atoms with Gasteiger partial charge in [-0.25, -0.2) is 8.42 Å². The van der Waals surface area contributed by atoms with Crippen LogP contribution in [0.4, 0.5) is 0 Å². The van der Waals surface area contributed by atoms with Crippen molar-refractivity contribution >= 4 is 9.84 Å². The van der Waals surface area contributed by atoms with Gasteiger partial charge in [-0.2, -0.15) is 0 Å². The Bertz CT molecular complexity index is 486. The first-order chi connectivity index (χ1) is 8.33. The number of nitrogens with one attached hydrogen (secondary N) is 1. The fourth-order valence-corrected chi connectivity index (χ4v) is 2.25. The van der Waals surface area contributed by atoms with E-state index < -0.39 is 9.84 Å². The zero-order valence-electron chi connectivity index (χ0n) is 11.4. The van der Waals surface area contributed by atoms with Gasteiger partial charge < -0.3 is 10.1 Å². The standard InChI is InChI=1S/C13H21NO3S/c1-10-7-12(9-14-3)8-11(2)13(10)17-5-6-18(4,15)16/h7-8,14H,5-6,9H2,1-4H3. The average molecular weight is 271 g/mol. The molecule has 0 atom stereocenters. The molecule has 1 rings (SSSR count). The lowest BCUT2D eigenvalue weighted by atomic mass is 10.1. The highest BCUT2D eigenvalue weighted by Gasteiger charge is 2.08. The third-order valence-corrected chi connectivity index (χ3v) is 3.51. The Balaban J connectivity index is 2.77. The lowest BCUT2D eigenvalue weighted by Crippen LogP contribution is -2.13. The largest absolute Gasteiger partial charge is 0.492 e.